The van der Waals surface area contributed by atoms with Gasteiger partial charge in [-0.15, -0.1) is 0 Å². The van der Waals surface area contributed by atoms with E-state index < -0.39 is 17.6 Å². The molecule has 9 heteroatoms. The fourth-order valence-electron chi connectivity index (χ4n) is 5.47. The summed E-state index contributed by atoms with van der Waals surface area (Å²) in [7, 11) is 0. The zero-order chi connectivity index (χ0) is 22.3. The Labute approximate surface area is 183 Å². The maximum atomic E-state index is 14.7. The van der Waals surface area contributed by atoms with E-state index in [0.717, 1.165) is 29.5 Å². The number of benzene rings is 1. The van der Waals surface area contributed by atoms with Crippen molar-refractivity contribution in [3.63, 3.8) is 0 Å². The monoisotopic (exact) mass is 442 g/mol. The number of fused-ring (bicyclic) bond motifs is 3. The van der Waals surface area contributed by atoms with E-state index in [1.165, 1.54) is 0 Å². The van der Waals surface area contributed by atoms with Crippen LogP contribution in [0, 0.1) is 0 Å². The fourth-order valence-corrected chi connectivity index (χ4v) is 5.47. The number of aryl methyl sites for hydroxylation is 1. The van der Waals surface area contributed by atoms with Crippen LogP contribution < -0.4 is 10.2 Å². The summed E-state index contributed by atoms with van der Waals surface area (Å²) in [4.78, 5) is 22.7. The number of rotatable bonds is 2. The molecule has 0 bridgehead atoms. The van der Waals surface area contributed by atoms with Crippen molar-refractivity contribution in [1.82, 2.24) is 15.3 Å². The van der Waals surface area contributed by atoms with Crippen molar-refractivity contribution in [1.29, 1.82) is 0 Å². The summed E-state index contributed by atoms with van der Waals surface area (Å²) < 4.78 is 34.8. The van der Waals surface area contributed by atoms with Crippen molar-refractivity contribution >= 4 is 11.9 Å². The second kappa shape index (κ2) is 6.68. The van der Waals surface area contributed by atoms with Crippen LogP contribution in [-0.2, 0) is 33.8 Å². The summed E-state index contributed by atoms with van der Waals surface area (Å²) in [6.45, 7) is 2.66. The molecule has 1 aromatic heterocycles. The van der Waals surface area contributed by atoms with Crippen molar-refractivity contribution in [3.8, 4) is 11.3 Å². The molecule has 2 aliphatic carbocycles. The lowest BCUT2D eigenvalue weighted by Crippen LogP contribution is -2.59. The van der Waals surface area contributed by atoms with E-state index in [4.69, 9.17) is 9.72 Å². The standard InChI is InChI=1S/C23H24F2N4O3/c1-12-17(30)9-29(12)21-26-19(15-5-7-23(24,25)20(15)27-21)14-2-3-16-13(8-14)4-6-22(16)11-32-10-18(31)28-22/h2-3,8,12,17,30H,4-7,9-11H2,1H3,(H,28,31)/t12-,17+,22+/m0/s1. The van der Waals surface area contributed by atoms with Crippen molar-refractivity contribution in [2.75, 3.05) is 24.7 Å². The first kappa shape index (κ1) is 20.0. The minimum absolute atomic E-state index is 0.0723. The number of amides is 1. The third kappa shape index (κ3) is 2.80. The summed E-state index contributed by atoms with van der Waals surface area (Å²) in [5.41, 5.74) is 3.17. The van der Waals surface area contributed by atoms with Crippen LogP contribution >= 0.6 is 0 Å². The Morgan fingerprint density at radius 3 is 2.84 bits per heavy atom. The van der Waals surface area contributed by atoms with E-state index in [9.17, 15) is 18.7 Å². The lowest BCUT2D eigenvalue weighted by Gasteiger charge is -2.43. The number of hydrogen-bond acceptors (Lipinski definition) is 6. The summed E-state index contributed by atoms with van der Waals surface area (Å²) in [5, 5.41) is 13.0. The largest absolute Gasteiger partial charge is 0.389 e. The van der Waals surface area contributed by atoms with Crippen LogP contribution in [0.1, 0.15) is 42.1 Å². The zero-order valence-electron chi connectivity index (χ0n) is 17.7. The average Bonchev–Trinajstić information content (AvgIpc) is 3.27. The number of aliphatic hydroxyl groups excluding tert-OH is 1. The number of β-amino-alcohol motifs (C(OH)–C–C–N with tert-alkyl or cyclic N) is 1. The number of aliphatic hydroxyl groups is 1. The third-order valence-corrected chi connectivity index (χ3v) is 7.40. The number of morpholine rings is 1. The number of anilines is 1. The van der Waals surface area contributed by atoms with Gasteiger partial charge >= 0.3 is 0 Å². The smallest absolute Gasteiger partial charge is 0.290 e. The second-order valence-corrected chi connectivity index (χ2v) is 9.36. The molecule has 0 unspecified atom stereocenters. The highest BCUT2D eigenvalue weighted by atomic mass is 19.3. The number of halogens is 2. The molecular weight excluding hydrogens is 418 g/mol. The Kier molecular flexibility index (Phi) is 4.17. The lowest BCUT2D eigenvalue weighted by atomic mass is 9.90. The predicted molar refractivity (Wildman–Crippen MR) is 111 cm³/mol. The van der Waals surface area contributed by atoms with Crippen molar-refractivity contribution in [2.45, 2.75) is 56.2 Å². The van der Waals surface area contributed by atoms with Crippen LogP contribution in [0.2, 0.25) is 0 Å². The highest BCUT2D eigenvalue weighted by molar-refractivity contribution is 5.79. The van der Waals surface area contributed by atoms with Gasteiger partial charge in [0.2, 0.25) is 11.9 Å². The van der Waals surface area contributed by atoms with Crippen LogP contribution in [0.5, 0.6) is 0 Å². The Morgan fingerprint density at radius 2 is 2.09 bits per heavy atom. The first-order valence-corrected chi connectivity index (χ1v) is 11.0. The van der Waals surface area contributed by atoms with E-state index in [-0.39, 0.29) is 43.0 Å². The minimum Gasteiger partial charge on any atom is -0.389 e. The molecule has 3 atom stereocenters. The lowest BCUT2D eigenvalue weighted by molar-refractivity contribution is -0.135. The SMILES string of the molecule is C[C@H]1[C@H](O)CN1c1nc(-c2ccc3c(c2)CC[C@@]32COCC(=O)N2)c2c(n1)C(F)(F)CC2. The molecule has 1 aromatic carbocycles. The van der Waals surface area contributed by atoms with Gasteiger partial charge in [-0.2, -0.15) is 8.78 Å². The predicted octanol–water partition coefficient (Wildman–Crippen LogP) is 2.04. The van der Waals surface area contributed by atoms with Gasteiger partial charge in [0.15, 0.2) is 0 Å². The highest BCUT2D eigenvalue weighted by Gasteiger charge is 2.46. The molecule has 1 spiro atoms. The molecule has 32 heavy (non-hydrogen) atoms. The Hall–Kier alpha value is -2.65. The topological polar surface area (TPSA) is 87.6 Å². The summed E-state index contributed by atoms with van der Waals surface area (Å²) in [6.07, 6.45) is 0.939. The van der Waals surface area contributed by atoms with E-state index >= 15 is 0 Å². The number of nitrogens with zero attached hydrogens (tertiary/aromatic N) is 3. The molecule has 2 saturated heterocycles. The van der Waals surface area contributed by atoms with Crippen molar-refractivity contribution < 1.29 is 23.4 Å². The number of ether oxygens (including phenoxy) is 1. The molecular formula is C23H24F2N4O3. The van der Waals surface area contributed by atoms with Gasteiger partial charge in [0, 0.05) is 24.1 Å². The number of carbonyl (C=O) groups excluding carboxylic acids is 1. The average molecular weight is 442 g/mol. The van der Waals surface area contributed by atoms with Crippen molar-refractivity contribution in [3.05, 3.63) is 40.6 Å². The van der Waals surface area contributed by atoms with Crippen LogP contribution in [-0.4, -0.2) is 52.9 Å². The van der Waals surface area contributed by atoms with E-state index in [0.29, 0.717) is 24.4 Å². The van der Waals surface area contributed by atoms with Gasteiger partial charge in [-0.25, -0.2) is 9.97 Å². The number of aromatic nitrogens is 2. The highest BCUT2D eigenvalue weighted by Crippen LogP contribution is 2.46. The first-order chi connectivity index (χ1) is 15.3. The van der Waals surface area contributed by atoms with Gasteiger partial charge in [-0.05, 0) is 43.4 Å². The molecule has 2 aliphatic heterocycles. The minimum atomic E-state index is -2.99. The van der Waals surface area contributed by atoms with Crippen LogP contribution in [0.25, 0.3) is 11.3 Å². The normalized spacial score (nSPS) is 30.1. The van der Waals surface area contributed by atoms with Crippen LogP contribution in [0.3, 0.4) is 0 Å². The van der Waals surface area contributed by atoms with Gasteiger partial charge in [0.1, 0.15) is 12.3 Å². The molecule has 0 saturated carbocycles. The Bertz CT molecular complexity index is 1140. The fraction of sp³-hybridized carbons (Fsp3) is 0.522. The molecule has 2 aromatic rings. The third-order valence-electron chi connectivity index (χ3n) is 7.40. The summed E-state index contributed by atoms with van der Waals surface area (Å²) >= 11 is 0. The molecule has 7 nitrogen and oxygen atoms in total. The van der Waals surface area contributed by atoms with E-state index in [1.54, 1.807) is 4.90 Å². The number of carbonyl (C=O) groups is 1. The quantitative estimate of drug-likeness (QED) is 0.740. The van der Waals surface area contributed by atoms with Gasteiger partial charge in [0.25, 0.3) is 5.92 Å². The van der Waals surface area contributed by atoms with Crippen molar-refractivity contribution in [2.24, 2.45) is 0 Å². The van der Waals surface area contributed by atoms with Gasteiger partial charge in [0.05, 0.1) is 30.0 Å². The maximum absolute atomic E-state index is 14.7. The molecule has 4 aliphatic rings. The van der Waals surface area contributed by atoms with Crippen LogP contribution in [0.4, 0.5) is 14.7 Å². The van der Waals surface area contributed by atoms with Gasteiger partial charge in [-0.3, -0.25) is 4.79 Å². The summed E-state index contributed by atoms with van der Waals surface area (Å²) in [5.74, 6) is -2.87. The molecule has 1 amide bonds. The maximum Gasteiger partial charge on any atom is 0.290 e. The second-order valence-electron chi connectivity index (χ2n) is 9.36. The molecule has 168 valence electrons. The van der Waals surface area contributed by atoms with E-state index in [2.05, 4.69) is 10.3 Å². The summed E-state index contributed by atoms with van der Waals surface area (Å²) in [6, 6.07) is 5.64. The molecule has 6 rings (SSSR count). The molecule has 0 radical (unpaired) electrons. The first-order valence-electron chi connectivity index (χ1n) is 11.0. The van der Waals surface area contributed by atoms with Crippen LogP contribution in [0.15, 0.2) is 18.2 Å². The molecule has 3 heterocycles. The van der Waals surface area contributed by atoms with Gasteiger partial charge in [-0.1, -0.05) is 12.1 Å². The Balaban J connectivity index is 1.44. The molecule has 2 fully saturated rings. The zero-order valence-corrected chi connectivity index (χ0v) is 17.7. The Morgan fingerprint density at radius 1 is 1.25 bits per heavy atom. The van der Waals surface area contributed by atoms with E-state index in [1.807, 2.05) is 25.1 Å². The van der Waals surface area contributed by atoms with Gasteiger partial charge < -0.3 is 20.1 Å². The number of nitrogens with one attached hydrogen (secondary N) is 1. The molecule has 2 N–H and O–H groups in total. The number of alkyl halides is 2. The number of hydrogen-bond donors (Lipinski definition) is 2.